The van der Waals surface area contributed by atoms with E-state index in [0.717, 1.165) is 0 Å². The first-order chi connectivity index (χ1) is 6.70. The molecule has 0 aliphatic heterocycles. The van der Waals surface area contributed by atoms with Gasteiger partial charge in [0.15, 0.2) is 6.61 Å². The zero-order valence-corrected chi connectivity index (χ0v) is 7.27. The van der Waals surface area contributed by atoms with Gasteiger partial charge in [0.1, 0.15) is 0 Å². The molecule has 14 heavy (non-hydrogen) atoms. The largest absolute Gasteiger partial charge is 0.368 e. The van der Waals surface area contributed by atoms with Gasteiger partial charge in [-0.1, -0.05) is 0 Å². The predicted molar refractivity (Wildman–Crippen MR) is 46.8 cm³/mol. The van der Waals surface area contributed by atoms with E-state index in [1.165, 1.54) is 24.5 Å². The summed E-state index contributed by atoms with van der Waals surface area (Å²) in [5.74, 6) is -1.10. The van der Waals surface area contributed by atoms with Crippen LogP contribution in [0, 0.1) is 0 Å². The summed E-state index contributed by atoms with van der Waals surface area (Å²) in [7, 11) is 0. The minimum atomic E-state index is -0.653. The topological polar surface area (TPSA) is 94.3 Å². The first-order valence-electron chi connectivity index (χ1n) is 3.80. The SMILES string of the molecule is NC(=O)CONC(=O)c1ccncc1. The summed E-state index contributed by atoms with van der Waals surface area (Å²) in [6, 6.07) is 3.03. The zero-order valence-electron chi connectivity index (χ0n) is 7.27. The lowest BCUT2D eigenvalue weighted by molar-refractivity contribution is -0.124. The van der Waals surface area contributed by atoms with Gasteiger partial charge in [0.25, 0.3) is 5.91 Å². The number of nitrogens with one attached hydrogen (secondary N) is 1. The van der Waals surface area contributed by atoms with Crippen molar-refractivity contribution in [1.82, 2.24) is 10.5 Å². The molecule has 0 spiro atoms. The molecule has 0 saturated heterocycles. The number of pyridine rings is 1. The second-order valence-corrected chi connectivity index (χ2v) is 2.42. The number of primary amides is 1. The van der Waals surface area contributed by atoms with Gasteiger partial charge < -0.3 is 5.73 Å². The predicted octanol–water partition coefficient (Wildman–Crippen LogP) is -0.772. The second-order valence-electron chi connectivity index (χ2n) is 2.42. The quantitative estimate of drug-likeness (QED) is 0.616. The van der Waals surface area contributed by atoms with Gasteiger partial charge in [-0.25, -0.2) is 5.48 Å². The van der Waals surface area contributed by atoms with E-state index in [-0.39, 0.29) is 6.61 Å². The number of amides is 2. The molecule has 0 unspecified atom stereocenters. The van der Waals surface area contributed by atoms with E-state index in [9.17, 15) is 9.59 Å². The van der Waals surface area contributed by atoms with Crippen LogP contribution in [0.15, 0.2) is 24.5 Å². The lowest BCUT2D eigenvalue weighted by Gasteiger charge is -2.02. The molecular weight excluding hydrogens is 186 g/mol. The third-order valence-corrected chi connectivity index (χ3v) is 1.32. The Bertz CT molecular complexity index is 326. The zero-order chi connectivity index (χ0) is 10.4. The molecule has 74 valence electrons. The highest BCUT2D eigenvalue weighted by Crippen LogP contribution is 1.94. The molecule has 0 aliphatic rings. The van der Waals surface area contributed by atoms with Gasteiger partial charge in [0.05, 0.1) is 0 Å². The van der Waals surface area contributed by atoms with Crippen LogP contribution in [0.5, 0.6) is 0 Å². The molecule has 2 amide bonds. The summed E-state index contributed by atoms with van der Waals surface area (Å²) in [6.45, 7) is -0.350. The normalized spacial score (nSPS) is 9.43. The number of hydrogen-bond donors (Lipinski definition) is 2. The van der Waals surface area contributed by atoms with Crippen molar-refractivity contribution in [2.24, 2.45) is 5.73 Å². The molecule has 6 heteroatoms. The van der Waals surface area contributed by atoms with E-state index in [2.05, 4.69) is 15.3 Å². The number of nitrogens with zero attached hydrogens (tertiary/aromatic N) is 1. The van der Waals surface area contributed by atoms with Gasteiger partial charge in [0.2, 0.25) is 5.91 Å². The van der Waals surface area contributed by atoms with Crippen molar-refractivity contribution in [2.75, 3.05) is 6.61 Å². The molecule has 6 nitrogen and oxygen atoms in total. The third-order valence-electron chi connectivity index (χ3n) is 1.32. The Hall–Kier alpha value is -1.95. The second kappa shape index (κ2) is 4.93. The number of hydroxylamine groups is 1. The fraction of sp³-hybridized carbons (Fsp3) is 0.125. The molecule has 1 heterocycles. The Morgan fingerprint density at radius 1 is 1.43 bits per heavy atom. The molecule has 1 aromatic heterocycles. The maximum Gasteiger partial charge on any atom is 0.274 e. The number of carbonyl (C=O) groups excluding carboxylic acids is 2. The Morgan fingerprint density at radius 3 is 2.64 bits per heavy atom. The van der Waals surface area contributed by atoms with Crippen LogP contribution in [0.25, 0.3) is 0 Å². The first kappa shape index (κ1) is 10.1. The van der Waals surface area contributed by atoms with Crippen LogP contribution in [0.3, 0.4) is 0 Å². The van der Waals surface area contributed by atoms with Crippen LogP contribution in [0.4, 0.5) is 0 Å². The summed E-state index contributed by atoms with van der Waals surface area (Å²) in [5, 5.41) is 0. The molecule has 0 aromatic carbocycles. The molecular formula is C8H9N3O3. The van der Waals surface area contributed by atoms with Gasteiger partial charge in [-0.3, -0.25) is 19.4 Å². The van der Waals surface area contributed by atoms with Crippen molar-refractivity contribution >= 4 is 11.8 Å². The summed E-state index contributed by atoms with van der Waals surface area (Å²) in [5.41, 5.74) is 7.25. The van der Waals surface area contributed by atoms with Crippen LogP contribution >= 0.6 is 0 Å². The third kappa shape index (κ3) is 3.20. The number of hydrogen-bond acceptors (Lipinski definition) is 4. The summed E-state index contributed by atoms with van der Waals surface area (Å²) >= 11 is 0. The molecule has 0 aliphatic carbocycles. The minimum Gasteiger partial charge on any atom is -0.368 e. The van der Waals surface area contributed by atoms with Gasteiger partial charge in [0, 0.05) is 18.0 Å². The van der Waals surface area contributed by atoms with Crippen LogP contribution in [0.2, 0.25) is 0 Å². The van der Waals surface area contributed by atoms with E-state index in [4.69, 9.17) is 5.73 Å². The number of nitrogens with two attached hydrogens (primary N) is 1. The standard InChI is InChI=1S/C8H9N3O3/c9-7(12)5-14-11-8(13)6-1-3-10-4-2-6/h1-4H,5H2,(H2,9,12)(H,11,13). The van der Waals surface area contributed by atoms with E-state index in [1.807, 2.05) is 0 Å². The van der Waals surface area contributed by atoms with Crippen molar-refractivity contribution < 1.29 is 14.4 Å². The fourth-order valence-corrected chi connectivity index (χ4v) is 0.735. The molecule has 0 fully saturated rings. The lowest BCUT2D eigenvalue weighted by Crippen LogP contribution is -2.29. The van der Waals surface area contributed by atoms with Crippen molar-refractivity contribution in [3.63, 3.8) is 0 Å². The Morgan fingerprint density at radius 2 is 2.07 bits per heavy atom. The molecule has 0 radical (unpaired) electrons. The van der Waals surface area contributed by atoms with Crippen molar-refractivity contribution in [3.8, 4) is 0 Å². The molecule has 1 rings (SSSR count). The summed E-state index contributed by atoms with van der Waals surface area (Å²) in [6.07, 6.45) is 2.95. The van der Waals surface area contributed by atoms with E-state index < -0.39 is 11.8 Å². The van der Waals surface area contributed by atoms with Crippen LogP contribution in [-0.2, 0) is 9.63 Å². The van der Waals surface area contributed by atoms with Crippen molar-refractivity contribution in [2.45, 2.75) is 0 Å². The van der Waals surface area contributed by atoms with E-state index >= 15 is 0 Å². The van der Waals surface area contributed by atoms with Crippen molar-refractivity contribution in [3.05, 3.63) is 30.1 Å². The molecule has 1 aromatic rings. The number of rotatable bonds is 4. The number of carbonyl (C=O) groups is 2. The fourth-order valence-electron chi connectivity index (χ4n) is 0.735. The average Bonchev–Trinajstić information content (AvgIpc) is 2.18. The Kier molecular flexibility index (Phi) is 3.57. The highest BCUT2D eigenvalue weighted by molar-refractivity contribution is 5.93. The maximum atomic E-state index is 11.2. The van der Waals surface area contributed by atoms with Crippen LogP contribution in [0.1, 0.15) is 10.4 Å². The molecule has 3 N–H and O–H groups in total. The van der Waals surface area contributed by atoms with E-state index in [1.54, 1.807) is 0 Å². The highest BCUT2D eigenvalue weighted by atomic mass is 16.7. The van der Waals surface area contributed by atoms with Gasteiger partial charge >= 0.3 is 0 Å². The number of aromatic nitrogens is 1. The Labute approximate surface area is 80.0 Å². The first-order valence-corrected chi connectivity index (χ1v) is 3.80. The lowest BCUT2D eigenvalue weighted by atomic mass is 10.3. The van der Waals surface area contributed by atoms with Crippen molar-refractivity contribution in [1.29, 1.82) is 0 Å². The van der Waals surface area contributed by atoms with Gasteiger partial charge in [-0.2, -0.15) is 0 Å². The highest BCUT2D eigenvalue weighted by Gasteiger charge is 2.04. The summed E-state index contributed by atoms with van der Waals surface area (Å²) < 4.78 is 0. The maximum absolute atomic E-state index is 11.2. The minimum absolute atomic E-state index is 0.350. The monoisotopic (exact) mass is 195 g/mol. The van der Waals surface area contributed by atoms with Gasteiger partial charge in [-0.15, -0.1) is 0 Å². The Balaban J connectivity index is 2.40. The molecule has 0 bridgehead atoms. The summed E-state index contributed by atoms with van der Waals surface area (Å²) in [4.78, 5) is 29.7. The van der Waals surface area contributed by atoms with E-state index in [0.29, 0.717) is 5.56 Å². The van der Waals surface area contributed by atoms with Crippen LogP contribution in [-0.4, -0.2) is 23.4 Å². The van der Waals surface area contributed by atoms with Crippen LogP contribution < -0.4 is 11.2 Å². The molecule has 0 saturated carbocycles. The average molecular weight is 195 g/mol. The van der Waals surface area contributed by atoms with Gasteiger partial charge in [-0.05, 0) is 12.1 Å². The smallest absolute Gasteiger partial charge is 0.274 e. The molecule has 0 atom stereocenters.